The van der Waals surface area contributed by atoms with E-state index in [-0.39, 0.29) is 22.4 Å². The Morgan fingerprint density at radius 2 is 1.89 bits per heavy atom. The molecule has 0 saturated carbocycles. The molecule has 10 heteroatoms. The minimum Gasteiger partial charge on any atom is -0.337 e. The second-order valence-electron chi connectivity index (χ2n) is 6.16. The van der Waals surface area contributed by atoms with Crippen molar-refractivity contribution < 1.29 is 27.2 Å². The minimum absolute atomic E-state index is 0.00458. The number of thiophene rings is 1. The molecule has 28 heavy (non-hydrogen) atoms. The molecule has 0 amide bonds. The number of nitrogens with zero attached hydrogens (tertiary/aromatic N) is 1. The lowest BCUT2D eigenvalue weighted by molar-refractivity contribution is -0.375. The Labute approximate surface area is 165 Å². The molecule has 4 rings (SSSR count). The number of Topliss-reactive ketones (excluding diaryl/α,β-unsaturated/α-hetero) is 1. The number of hydrogen-bond acceptors (Lipinski definition) is 8. The summed E-state index contributed by atoms with van der Waals surface area (Å²) in [6.07, 6.45) is 0. The lowest BCUT2D eigenvalue weighted by Gasteiger charge is -2.39. The van der Waals surface area contributed by atoms with Crippen molar-refractivity contribution in [3.05, 3.63) is 63.5 Å². The Kier molecular flexibility index (Phi) is 4.58. The lowest BCUT2D eigenvalue weighted by atomic mass is 9.99. The number of ether oxygens (including phenoxy) is 2. The third-order valence-corrected chi connectivity index (χ3v) is 6.90. The van der Waals surface area contributed by atoms with Crippen LogP contribution in [-0.2, 0) is 25.3 Å². The number of anilines is 1. The molecule has 0 unspecified atom stereocenters. The quantitative estimate of drug-likeness (QED) is 0.610. The van der Waals surface area contributed by atoms with Gasteiger partial charge < -0.3 is 14.0 Å². The first-order chi connectivity index (χ1) is 13.3. The van der Waals surface area contributed by atoms with Crippen LogP contribution in [0.25, 0.3) is 0 Å². The number of benzene rings is 1. The maximum atomic E-state index is 13.2. The van der Waals surface area contributed by atoms with Crippen LogP contribution in [0.15, 0.2) is 51.2 Å². The highest BCUT2D eigenvalue weighted by Gasteiger charge is 2.51. The molecule has 146 valence electrons. The summed E-state index contributed by atoms with van der Waals surface area (Å²) in [6.45, 7) is 3.33. The standard InChI is InChI=1S/C18H16N2O6S2/c1-11-12(2)19-26-17(11)20-28(22,23)14-8-9-27-15(14)16(21)18(24-10-25-18)13-6-4-3-5-7-13/h3-9,20H,10H2,1-2H3. The Bertz CT molecular complexity index is 1130. The Morgan fingerprint density at radius 3 is 2.46 bits per heavy atom. The van der Waals surface area contributed by atoms with Gasteiger partial charge in [0.2, 0.25) is 11.7 Å². The monoisotopic (exact) mass is 420 g/mol. The molecule has 0 aliphatic carbocycles. The largest absolute Gasteiger partial charge is 0.337 e. The van der Waals surface area contributed by atoms with Crippen LogP contribution in [-0.4, -0.2) is 26.2 Å². The third kappa shape index (κ3) is 2.94. The normalized spacial score (nSPS) is 15.8. The number of ketones is 1. The molecule has 3 aromatic rings. The fourth-order valence-corrected chi connectivity index (χ4v) is 5.23. The molecule has 0 atom stereocenters. The summed E-state index contributed by atoms with van der Waals surface area (Å²) in [5, 5.41) is 5.26. The summed E-state index contributed by atoms with van der Waals surface area (Å²) in [5.74, 6) is -2.21. The molecule has 1 fully saturated rings. The number of carbonyl (C=O) groups is 1. The van der Waals surface area contributed by atoms with Gasteiger partial charge in [-0.2, -0.15) is 0 Å². The molecule has 1 aliphatic rings. The van der Waals surface area contributed by atoms with Gasteiger partial charge in [0, 0.05) is 11.1 Å². The first-order valence-electron chi connectivity index (χ1n) is 8.26. The van der Waals surface area contributed by atoms with Crippen molar-refractivity contribution in [3.63, 3.8) is 0 Å². The van der Waals surface area contributed by atoms with E-state index in [2.05, 4.69) is 9.88 Å². The Morgan fingerprint density at radius 1 is 1.18 bits per heavy atom. The van der Waals surface area contributed by atoms with Crippen molar-refractivity contribution in [3.8, 4) is 0 Å². The number of carbonyl (C=O) groups excluding carboxylic acids is 1. The zero-order valence-corrected chi connectivity index (χ0v) is 16.6. The van der Waals surface area contributed by atoms with E-state index in [9.17, 15) is 13.2 Å². The molecule has 1 N–H and O–H groups in total. The number of aryl methyl sites for hydroxylation is 1. The van der Waals surface area contributed by atoms with Crippen LogP contribution in [0.5, 0.6) is 0 Å². The van der Waals surface area contributed by atoms with Crippen molar-refractivity contribution in [2.24, 2.45) is 0 Å². The van der Waals surface area contributed by atoms with Crippen LogP contribution in [0.4, 0.5) is 5.88 Å². The van der Waals surface area contributed by atoms with E-state index in [0.717, 1.165) is 11.3 Å². The lowest BCUT2D eigenvalue weighted by Crippen LogP contribution is -2.50. The van der Waals surface area contributed by atoms with E-state index >= 15 is 0 Å². The fourth-order valence-electron chi connectivity index (χ4n) is 2.77. The van der Waals surface area contributed by atoms with Crippen LogP contribution >= 0.6 is 11.3 Å². The zero-order valence-electron chi connectivity index (χ0n) is 15.0. The molecule has 3 heterocycles. The molecule has 1 aromatic carbocycles. The molecule has 0 spiro atoms. The van der Waals surface area contributed by atoms with E-state index in [0.29, 0.717) is 16.8 Å². The van der Waals surface area contributed by atoms with Crippen molar-refractivity contribution in [1.82, 2.24) is 5.16 Å². The molecular formula is C18H16N2O6S2. The van der Waals surface area contributed by atoms with E-state index in [1.54, 1.807) is 44.2 Å². The molecule has 2 aromatic heterocycles. The first kappa shape index (κ1) is 18.8. The summed E-state index contributed by atoms with van der Waals surface area (Å²) in [6, 6.07) is 10.0. The maximum absolute atomic E-state index is 13.2. The highest BCUT2D eigenvalue weighted by Crippen LogP contribution is 2.40. The summed E-state index contributed by atoms with van der Waals surface area (Å²) in [4.78, 5) is 13.1. The topological polar surface area (TPSA) is 108 Å². The van der Waals surface area contributed by atoms with E-state index < -0.39 is 21.6 Å². The second-order valence-corrected chi connectivity index (χ2v) is 8.73. The van der Waals surface area contributed by atoms with Crippen LogP contribution < -0.4 is 4.72 Å². The Balaban J connectivity index is 1.71. The number of nitrogens with one attached hydrogen (secondary N) is 1. The molecule has 1 aliphatic heterocycles. The SMILES string of the molecule is Cc1noc(NS(=O)(=O)c2ccsc2C(=O)C2(c3ccccc3)OCO2)c1C. The van der Waals surface area contributed by atoms with Crippen LogP contribution in [0.1, 0.15) is 26.5 Å². The van der Waals surface area contributed by atoms with Gasteiger partial charge in [-0.25, -0.2) is 13.1 Å². The molecule has 0 radical (unpaired) electrons. The first-order valence-corrected chi connectivity index (χ1v) is 10.6. The number of sulfonamides is 1. The van der Waals surface area contributed by atoms with Gasteiger partial charge in [0.05, 0.1) is 10.6 Å². The van der Waals surface area contributed by atoms with Gasteiger partial charge in [-0.1, -0.05) is 35.5 Å². The summed E-state index contributed by atoms with van der Waals surface area (Å²) in [7, 11) is -4.09. The summed E-state index contributed by atoms with van der Waals surface area (Å²) >= 11 is 1.00. The minimum atomic E-state index is -4.09. The zero-order chi connectivity index (χ0) is 19.9. The van der Waals surface area contributed by atoms with Gasteiger partial charge in [0.1, 0.15) is 4.90 Å². The molecular weight excluding hydrogens is 404 g/mol. The Hall–Kier alpha value is -2.53. The van der Waals surface area contributed by atoms with Gasteiger partial charge in [-0.3, -0.25) is 4.79 Å². The van der Waals surface area contributed by atoms with Crippen molar-refractivity contribution >= 4 is 33.0 Å². The highest BCUT2D eigenvalue weighted by molar-refractivity contribution is 7.93. The average molecular weight is 420 g/mol. The average Bonchev–Trinajstić information content (AvgIpc) is 3.25. The van der Waals surface area contributed by atoms with E-state index in [4.69, 9.17) is 14.0 Å². The predicted molar refractivity (Wildman–Crippen MR) is 101 cm³/mol. The highest BCUT2D eigenvalue weighted by atomic mass is 32.2. The maximum Gasteiger partial charge on any atom is 0.266 e. The van der Waals surface area contributed by atoms with Crippen LogP contribution in [0, 0.1) is 13.8 Å². The number of hydrogen-bond donors (Lipinski definition) is 1. The van der Waals surface area contributed by atoms with Crippen molar-refractivity contribution in [2.45, 2.75) is 24.5 Å². The smallest absolute Gasteiger partial charge is 0.266 e. The van der Waals surface area contributed by atoms with Gasteiger partial charge in [0.15, 0.2) is 6.79 Å². The number of aromatic nitrogens is 1. The summed E-state index contributed by atoms with van der Waals surface area (Å²) < 4.78 is 44.1. The molecule has 8 nitrogen and oxygen atoms in total. The predicted octanol–water partition coefficient (Wildman–Crippen LogP) is 3.19. The fraction of sp³-hybridized carbons (Fsp3) is 0.222. The van der Waals surface area contributed by atoms with Crippen molar-refractivity contribution in [2.75, 3.05) is 11.5 Å². The van der Waals surface area contributed by atoms with Gasteiger partial charge in [-0.15, -0.1) is 11.3 Å². The van der Waals surface area contributed by atoms with Crippen LogP contribution in [0.2, 0.25) is 0 Å². The molecule has 0 bridgehead atoms. The van der Waals surface area contributed by atoms with Gasteiger partial charge >= 0.3 is 0 Å². The van der Waals surface area contributed by atoms with Crippen LogP contribution in [0.3, 0.4) is 0 Å². The second kappa shape index (κ2) is 6.82. The van der Waals surface area contributed by atoms with E-state index in [1.807, 2.05) is 0 Å². The third-order valence-electron chi connectivity index (χ3n) is 4.49. The number of rotatable bonds is 6. The summed E-state index contributed by atoms with van der Waals surface area (Å²) in [5.41, 5.74) is 1.63. The molecule has 1 saturated heterocycles. The van der Waals surface area contributed by atoms with E-state index in [1.165, 1.54) is 11.4 Å². The van der Waals surface area contributed by atoms with Gasteiger partial charge in [-0.05, 0) is 25.3 Å². The van der Waals surface area contributed by atoms with Crippen molar-refractivity contribution in [1.29, 1.82) is 0 Å². The van der Waals surface area contributed by atoms with Gasteiger partial charge in [0.25, 0.3) is 15.8 Å².